The molecule has 0 amide bonds. The summed E-state index contributed by atoms with van der Waals surface area (Å²) in [5.74, 6) is 0.761. The maximum absolute atomic E-state index is 11.5. The van der Waals surface area contributed by atoms with Crippen LogP contribution >= 0.6 is 0 Å². The largest absolute Gasteiger partial charge is 0.393 e. The van der Waals surface area contributed by atoms with E-state index in [4.69, 9.17) is 4.55 Å². The van der Waals surface area contributed by atoms with Crippen LogP contribution < -0.4 is 0 Å². The summed E-state index contributed by atoms with van der Waals surface area (Å²) in [6, 6.07) is 8.43. The average molecular weight is 339 g/mol. The van der Waals surface area contributed by atoms with Crippen LogP contribution in [0.2, 0.25) is 0 Å². The van der Waals surface area contributed by atoms with Crippen LogP contribution in [0.25, 0.3) is 0 Å². The number of carbonyl (C=O) groups is 1. The van der Waals surface area contributed by atoms with Crippen molar-refractivity contribution in [3.05, 3.63) is 30.3 Å². The van der Waals surface area contributed by atoms with E-state index in [2.05, 4.69) is 4.90 Å². The van der Waals surface area contributed by atoms with E-state index < -0.39 is 10.1 Å². The highest BCUT2D eigenvalue weighted by atomic mass is 32.2. The Morgan fingerprint density at radius 1 is 1.00 bits per heavy atom. The van der Waals surface area contributed by atoms with Crippen LogP contribution in [0.3, 0.4) is 0 Å². The second-order valence-electron chi connectivity index (χ2n) is 6.53. The van der Waals surface area contributed by atoms with E-state index in [1.165, 1.54) is 12.1 Å². The summed E-state index contributed by atoms with van der Waals surface area (Å²) >= 11 is 0. The van der Waals surface area contributed by atoms with Gasteiger partial charge >= 0.3 is 0 Å². The first kappa shape index (κ1) is 16.6. The van der Waals surface area contributed by atoms with Crippen molar-refractivity contribution in [1.82, 2.24) is 4.90 Å². The molecule has 5 rings (SSSR count). The van der Waals surface area contributed by atoms with E-state index in [-0.39, 0.29) is 11.0 Å². The van der Waals surface area contributed by atoms with E-state index in [1.807, 2.05) is 0 Å². The lowest BCUT2D eigenvalue weighted by Crippen LogP contribution is -2.62. The lowest BCUT2D eigenvalue weighted by atomic mass is 9.72. The van der Waals surface area contributed by atoms with Crippen molar-refractivity contribution in [2.24, 2.45) is 5.92 Å². The first-order chi connectivity index (χ1) is 10.8. The highest BCUT2D eigenvalue weighted by molar-refractivity contribution is 7.85. The number of aliphatic hydroxyl groups excluding tert-OH is 1. The molecule has 126 valence electrons. The number of fused-ring (bicyclic) bond motifs is 1. The zero-order valence-electron chi connectivity index (χ0n) is 12.7. The second kappa shape index (κ2) is 6.32. The fraction of sp³-hybridized carbons (Fsp3) is 0.562. The Balaban J connectivity index is 0.000000142. The monoisotopic (exact) mass is 339 g/mol. The first-order valence-electron chi connectivity index (χ1n) is 7.83. The van der Waals surface area contributed by atoms with E-state index in [9.17, 15) is 18.3 Å². The van der Waals surface area contributed by atoms with Gasteiger partial charge < -0.3 is 5.11 Å². The van der Waals surface area contributed by atoms with Crippen molar-refractivity contribution in [3.8, 4) is 0 Å². The minimum Gasteiger partial charge on any atom is -0.393 e. The van der Waals surface area contributed by atoms with E-state index in [0.717, 1.165) is 25.7 Å². The summed E-state index contributed by atoms with van der Waals surface area (Å²) in [5, 5.41) is 9.60. The molecular weight excluding hydrogens is 318 g/mol. The molecule has 1 aromatic carbocycles. The second-order valence-corrected chi connectivity index (χ2v) is 7.95. The van der Waals surface area contributed by atoms with Crippen LogP contribution in [0.4, 0.5) is 0 Å². The number of nitrogens with zero attached hydrogens (tertiary/aromatic N) is 1. The van der Waals surface area contributed by atoms with Gasteiger partial charge in [0.2, 0.25) is 0 Å². The van der Waals surface area contributed by atoms with Crippen molar-refractivity contribution < 1.29 is 22.9 Å². The topological polar surface area (TPSA) is 94.9 Å². The zero-order chi connectivity index (χ0) is 16.6. The number of ketones is 1. The number of Topliss-reactive ketones (excluding diaryl/α,β-unsaturated/α-hetero) is 1. The smallest absolute Gasteiger partial charge is 0.294 e. The Morgan fingerprint density at radius 3 is 2.00 bits per heavy atom. The van der Waals surface area contributed by atoms with E-state index in [0.29, 0.717) is 30.3 Å². The van der Waals surface area contributed by atoms with Gasteiger partial charge in [-0.2, -0.15) is 8.42 Å². The van der Waals surface area contributed by atoms with Crippen molar-refractivity contribution in [3.63, 3.8) is 0 Å². The Bertz CT molecular complexity index is 659. The van der Waals surface area contributed by atoms with E-state index >= 15 is 0 Å². The summed E-state index contributed by atoms with van der Waals surface area (Å²) in [6.45, 7) is 0.659. The maximum atomic E-state index is 11.5. The van der Waals surface area contributed by atoms with Gasteiger partial charge in [0.1, 0.15) is 5.78 Å². The standard InChI is InChI=1S/C10H15NO2.C6H6O3S/c12-9-3-7-1-6-2-8(4-9)11(7)5-10(6)13;7-10(8,9)6-4-2-1-3-5-6/h6-9,12H,1-5H2;1-5H,(H,7,8,9)/t6?,7-,8-,9?;/m0./s1. The molecule has 6 nitrogen and oxygen atoms in total. The number of hydrogen-bond donors (Lipinski definition) is 2. The van der Waals surface area contributed by atoms with Crippen LogP contribution in [0.5, 0.6) is 0 Å². The van der Waals surface area contributed by atoms with Crippen LogP contribution in [-0.4, -0.2) is 53.5 Å². The Kier molecular flexibility index (Phi) is 4.55. The van der Waals surface area contributed by atoms with Crippen LogP contribution in [0, 0.1) is 5.92 Å². The van der Waals surface area contributed by atoms with Gasteiger partial charge in [0.25, 0.3) is 10.1 Å². The molecule has 0 unspecified atom stereocenters. The summed E-state index contributed by atoms with van der Waals surface area (Å²) in [4.78, 5) is 13.7. The fourth-order valence-corrected chi connectivity index (χ4v) is 4.43. The number of piperidine rings is 4. The van der Waals surface area contributed by atoms with Crippen molar-refractivity contribution in [2.45, 2.75) is 48.8 Å². The molecule has 4 aliphatic rings. The third-order valence-electron chi connectivity index (χ3n) is 4.97. The molecule has 0 spiro atoms. The predicted molar refractivity (Wildman–Crippen MR) is 83.5 cm³/mol. The predicted octanol–water partition coefficient (Wildman–Crippen LogP) is 1.11. The summed E-state index contributed by atoms with van der Waals surface area (Å²) < 4.78 is 29.2. The summed E-state index contributed by atoms with van der Waals surface area (Å²) in [6.07, 6.45) is 3.68. The van der Waals surface area contributed by atoms with Crippen molar-refractivity contribution >= 4 is 15.9 Å². The summed E-state index contributed by atoms with van der Waals surface area (Å²) in [5.41, 5.74) is 0. The number of hydrogen-bond acceptors (Lipinski definition) is 5. The molecule has 4 bridgehead atoms. The van der Waals surface area contributed by atoms with Gasteiger partial charge in [0.05, 0.1) is 17.5 Å². The van der Waals surface area contributed by atoms with Crippen LogP contribution in [0.1, 0.15) is 25.7 Å². The van der Waals surface area contributed by atoms with Gasteiger partial charge in [-0.25, -0.2) is 0 Å². The molecule has 4 aliphatic heterocycles. The average Bonchev–Trinajstić information content (AvgIpc) is 2.48. The lowest BCUT2D eigenvalue weighted by molar-refractivity contribution is -0.144. The Morgan fingerprint density at radius 2 is 1.57 bits per heavy atom. The highest BCUT2D eigenvalue weighted by Crippen LogP contribution is 2.41. The minimum atomic E-state index is -4.00. The molecule has 0 aromatic heterocycles. The zero-order valence-corrected chi connectivity index (χ0v) is 13.5. The Labute approximate surface area is 135 Å². The molecule has 4 saturated heterocycles. The molecule has 4 fully saturated rings. The summed E-state index contributed by atoms with van der Waals surface area (Å²) in [7, 11) is -4.00. The molecule has 4 heterocycles. The van der Waals surface area contributed by atoms with Gasteiger partial charge in [0.15, 0.2) is 0 Å². The minimum absolute atomic E-state index is 0.0741. The third kappa shape index (κ3) is 3.63. The SMILES string of the molecule is O=C1CN2[C@@H]3CC(O)C[C@@H]2CC1C3.O=S(=O)(O)c1ccccc1. The molecule has 7 heteroatoms. The Hall–Kier alpha value is -1.28. The number of rotatable bonds is 1. The molecule has 0 radical (unpaired) electrons. The third-order valence-corrected chi connectivity index (χ3v) is 5.84. The quantitative estimate of drug-likeness (QED) is 0.744. The van der Waals surface area contributed by atoms with Crippen molar-refractivity contribution in [2.75, 3.05) is 6.54 Å². The highest BCUT2D eigenvalue weighted by Gasteiger charge is 2.48. The van der Waals surface area contributed by atoms with Gasteiger partial charge in [-0.05, 0) is 37.8 Å². The first-order valence-corrected chi connectivity index (χ1v) is 9.27. The number of carbonyl (C=O) groups excluding carboxylic acids is 1. The normalized spacial score (nSPS) is 35.4. The molecule has 2 N–H and O–H groups in total. The van der Waals surface area contributed by atoms with Gasteiger partial charge in [-0.1, -0.05) is 18.2 Å². The molecule has 23 heavy (non-hydrogen) atoms. The maximum Gasteiger partial charge on any atom is 0.294 e. The van der Waals surface area contributed by atoms with Crippen LogP contribution in [0.15, 0.2) is 35.2 Å². The van der Waals surface area contributed by atoms with Crippen molar-refractivity contribution in [1.29, 1.82) is 0 Å². The molecule has 2 atom stereocenters. The van der Waals surface area contributed by atoms with Gasteiger partial charge in [-0.15, -0.1) is 0 Å². The number of aliphatic hydroxyl groups is 1. The fourth-order valence-electron chi connectivity index (χ4n) is 3.93. The molecule has 0 aliphatic carbocycles. The van der Waals surface area contributed by atoms with Gasteiger partial charge in [0, 0.05) is 18.0 Å². The molecule has 1 aromatic rings. The molecule has 0 saturated carbocycles. The molecular formula is C16H21NO5S. The van der Waals surface area contributed by atoms with Crippen LogP contribution in [-0.2, 0) is 14.9 Å². The number of benzene rings is 1. The lowest BCUT2D eigenvalue weighted by Gasteiger charge is -2.53. The van der Waals surface area contributed by atoms with Gasteiger partial charge in [-0.3, -0.25) is 14.2 Å². The van der Waals surface area contributed by atoms with E-state index in [1.54, 1.807) is 18.2 Å².